The first-order valence-electron chi connectivity index (χ1n) is 4.56. The van der Waals surface area contributed by atoms with Crippen molar-refractivity contribution >= 4 is 28.3 Å². The third-order valence-electron chi connectivity index (χ3n) is 1.69. The molecule has 0 heterocycles. The second kappa shape index (κ2) is 7.29. The largest absolute Gasteiger partial charge is 0.363 e. The molecule has 0 fully saturated rings. The van der Waals surface area contributed by atoms with Crippen molar-refractivity contribution in [2.45, 2.75) is 0 Å². The van der Waals surface area contributed by atoms with Gasteiger partial charge in [-0.15, -0.1) is 9.24 Å². The molecule has 2 unspecified atom stereocenters. The Morgan fingerprint density at radius 2 is 1.27 bits per heavy atom. The fourth-order valence-electron chi connectivity index (χ4n) is 0.959. The standard InChI is InChI=1S/C6H5OP.C6H7P/c7-8-6-4-2-1-3-5-6;7-6-4-2-1-3-5-6/h1-5H;1-5H,7H2/p+1. The molecule has 0 bridgehead atoms. The van der Waals surface area contributed by atoms with Crippen LogP contribution in [0.4, 0.5) is 0 Å². The summed E-state index contributed by atoms with van der Waals surface area (Å²) in [6, 6.07) is 19.5. The lowest BCUT2D eigenvalue weighted by atomic mass is 10.4. The van der Waals surface area contributed by atoms with E-state index in [0.717, 1.165) is 5.30 Å². The van der Waals surface area contributed by atoms with Crippen LogP contribution in [-0.4, -0.2) is 0 Å². The first-order chi connectivity index (χ1) is 7.33. The van der Waals surface area contributed by atoms with E-state index in [4.69, 9.17) is 0 Å². The van der Waals surface area contributed by atoms with Crippen LogP contribution in [-0.2, 0) is 4.57 Å². The van der Waals surface area contributed by atoms with Gasteiger partial charge in [0.15, 0.2) is 5.30 Å². The summed E-state index contributed by atoms with van der Waals surface area (Å²) >= 11 is 0. The highest BCUT2D eigenvalue weighted by Crippen LogP contribution is 1.92. The third kappa shape index (κ3) is 5.42. The van der Waals surface area contributed by atoms with E-state index in [1.807, 2.05) is 60.7 Å². The summed E-state index contributed by atoms with van der Waals surface area (Å²) in [7, 11) is 2.31. The zero-order valence-electron chi connectivity index (χ0n) is 8.26. The molecule has 0 aliphatic rings. The van der Waals surface area contributed by atoms with E-state index in [0.29, 0.717) is 0 Å². The molecule has 0 amide bonds. The van der Waals surface area contributed by atoms with Crippen molar-refractivity contribution < 1.29 is 4.57 Å². The van der Waals surface area contributed by atoms with Crippen molar-refractivity contribution in [2.24, 2.45) is 0 Å². The average Bonchev–Trinajstić information content (AvgIpc) is 2.32. The van der Waals surface area contributed by atoms with Crippen LogP contribution in [0.15, 0.2) is 60.7 Å². The first kappa shape index (κ1) is 12.0. The normalized spacial score (nSPS) is 9.13. The van der Waals surface area contributed by atoms with Gasteiger partial charge in [-0.3, -0.25) is 0 Å². The van der Waals surface area contributed by atoms with Crippen LogP contribution >= 0.6 is 17.7 Å². The summed E-state index contributed by atoms with van der Waals surface area (Å²) in [5.74, 6) is 0. The predicted octanol–water partition coefficient (Wildman–Crippen LogP) is 2.52. The lowest BCUT2D eigenvalue weighted by molar-refractivity contribution is 0.603. The SMILES string of the molecule is O=[PH+]c1ccccc1.Pc1ccccc1. The van der Waals surface area contributed by atoms with Crippen molar-refractivity contribution in [1.29, 1.82) is 0 Å². The molecule has 0 aliphatic heterocycles. The van der Waals surface area contributed by atoms with Gasteiger partial charge in [-0.25, -0.2) is 0 Å². The molecule has 2 rings (SSSR count). The maximum Gasteiger partial charge on any atom is 0.363 e. The monoisotopic (exact) mass is 235 g/mol. The van der Waals surface area contributed by atoms with E-state index in [2.05, 4.69) is 9.24 Å². The summed E-state index contributed by atoms with van der Waals surface area (Å²) in [5, 5.41) is 2.12. The van der Waals surface area contributed by atoms with Gasteiger partial charge in [0.2, 0.25) is 0 Å². The number of hydrogen-bond donors (Lipinski definition) is 0. The second-order valence-corrected chi connectivity index (χ2v) is 4.33. The Balaban J connectivity index is 0.000000151. The quantitative estimate of drug-likeness (QED) is 0.694. The Morgan fingerprint density at radius 3 is 1.53 bits per heavy atom. The minimum atomic E-state index is -0.320. The molecule has 2 aromatic carbocycles. The zero-order valence-corrected chi connectivity index (χ0v) is 10.4. The predicted molar refractivity (Wildman–Crippen MR) is 70.9 cm³/mol. The smallest absolute Gasteiger partial charge is 0.106 e. The van der Waals surface area contributed by atoms with Gasteiger partial charge in [0, 0.05) is 0 Å². The van der Waals surface area contributed by atoms with Crippen LogP contribution in [0.1, 0.15) is 0 Å². The summed E-state index contributed by atoms with van der Waals surface area (Å²) in [6.45, 7) is 0. The molecule has 2 atom stereocenters. The van der Waals surface area contributed by atoms with Gasteiger partial charge in [0.05, 0.1) is 0 Å². The summed E-state index contributed by atoms with van der Waals surface area (Å²) in [6.07, 6.45) is 0. The average molecular weight is 235 g/mol. The fourth-order valence-corrected chi connectivity index (χ4v) is 1.51. The third-order valence-corrected chi connectivity index (χ3v) is 2.65. The molecule has 0 saturated heterocycles. The molecule has 0 N–H and O–H groups in total. The highest BCUT2D eigenvalue weighted by Gasteiger charge is 1.91. The molecule has 0 radical (unpaired) electrons. The zero-order chi connectivity index (χ0) is 10.9. The Kier molecular flexibility index (Phi) is 5.85. The minimum Gasteiger partial charge on any atom is -0.106 e. The molecular formula is C12H13OP2+. The molecule has 1 nitrogen and oxygen atoms in total. The summed E-state index contributed by atoms with van der Waals surface area (Å²) < 4.78 is 10.2. The van der Waals surface area contributed by atoms with E-state index < -0.39 is 0 Å². The van der Waals surface area contributed by atoms with Crippen LogP contribution < -0.4 is 10.6 Å². The molecule has 0 aromatic heterocycles. The van der Waals surface area contributed by atoms with Crippen molar-refractivity contribution in [3.8, 4) is 0 Å². The van der Waals surface area contributed by atoms with Gasteiger partial charge >= 0.3 is 8.46 Å². The lowest BCUT2D eigenvalue weighted by Gasteiger charge is -1.82. The first-order valence-corrected chi connectivity index (χ1v) is 6.05. The van der Waals surface area contributed by atoms with Crippen molar-refractivity contribution in [1.82, 2.24) is 0 Å². The van der Waals surface area contributed by atoms with Crippen LogP contribution in [0.3, 0.4) is 0 Å². The van der Waals surface area contributed by atoms with Gasteiger partial charge in [-0.05, 0) is 17.4 Å². The van der Waals surface area contributed by atoms with E-state index in [-0.39, 0.29) is 8.46 Å². The Bertz CT molecular complexity index is 387. The molecular weight excluding hydrogens is 222 g/mol. The van der Waals surface area contributed by atoms with Gasteiger partial charge in [-0.1, -0.05) is 53.1 Å². The maximum atomic E-state index is 10.2. The molecule has 15 heavy (non-hydrogen) atoms. The van der Waals surface area contributed by atoms with Crippen LogP contribution in [0.5, 0.6) is 0 Å². The Labute approximate surface area is 93.9 Å². The maximum absolute atomic E-state index is 10.2. The van der Waals surface area contributed by atoms with Gasteiger partial charge in [0.1, 0.15) is 0 Å². The minimum absolute atomic E-state index is 0.320. The highest BCUT2D eigenvalue weighted by molar-refractivity contribution is 7.34. The van der Waals surface area contributed by atoms with E-state index in [1.165, 1.54) is 5.30 Å². The fraction of sp³-hybridized carbons (Fsp3) is 0. The molecule has 3 heteroatoms. The molecule has 76 valence electrons. The van der Waals surface area contributed by atoms with Crippen LogP contribution in [0.25, 0.3) is 0 Å². The summed E-state index contributed by atoms with van der Waals surface area (Å²) in [5.41, 5.74) is 0. The molecule has 2 aromatic rings. The number of hydrogen-bond acceptors (Lipinski definition) is 1. The Hall–Kier alpha value is -1.03. The summed E-state index contributed by atoms with van der Waals surface area (Å²) in [4.78, 5) is 0. The molecule has 0 aliphatic carbocycles. The topological polar surface area (TPSA) is 17.1 Å². The van der Waals surface area contributed by atoms with Crippen molar-refractivity contribution in [3.05, 3.63) is 60.7 Å². The van der Waals surface area contributed by atoms with E-state index in [9.17, 15) is 4.57 Å². The van der Waals surface area contributed by atoms with Gasteiger partial charge in [0.25, 0.3) is 0 Å². The lowest BCUT2D eigenvalue weighted by Crippen LogP contribution is -1.84. The van der Waals surface area contributed by atoms with Crippen molar-refractivity contribution in [3.63, 3.8) is 0 Å². The van der Waals surface area contributed by atoms with Crippen molar-refractivity contribution in [2.75, 3.05) is 0 Å². The van der Waals surface area contributed by atoms with E-state index >= 15 is 0 Å². The molecule has 0 spiro atoms. The van der Waals surface area contributed by atoms with Gasteiger partial charge in [-0.2, -0.15) is 0 Å². The van der Waals surface area contributed by atoms with Crippen LogP contribution in [0, 0.1) is 0 Å². The van der Waals surface area contributed by atoms with Gasteiger partial charge < -0.3 is 0 Å². The Morgan fingerprint density at radius 1 is 0.800 bits per heavy atom. The van der Waals surface area contributed by atoms with E-state index in [1.54, 1.807) is 0 Å². The number of benzene rings is 2. The second-order valence-electron chi connectivity index (χ2n) is 2.88. The van der Waals surface area contributed by atoms with Crippen LogP contribution in [0.2, 0.25) is 0 Å². The highest BCUT2D eigenvalue weighted by atomic mass is 31.1. The molecule has 0 saturated carbocycles. The number of rotatable bonds is 1.